The molecule has 0 aromatic heterocycles. The van der Waals surface area contributed by atoms with Gasteiger partial charge in [-0.25, -0.2) is 0 Å². The summed E-state index contributed by atoms with van der Waals surface area (Å²) < 4.78 is 0. The summed E-state index contributed by atoms with van der Waals surface area (Å²) in [6.07, 6.45) is 3.37. The predicted molar refractivity (Wildman–Crippen MR) is 69.4 cm³/mol. The highest BCUT2D eigenvalue weighted by Gasteiger charge is 2.19. The summed E-state index contributed by atoms with van der Waals surface area (Å²) >= 11 is 0. The normalized spacial score (nSPS) is 17.6. The lowest BCUT2D eigenvalue weighted by Crippen LogP contribution is -2.29. The van der Waals surface area contributed by atoms with Crippen LogP contribution < -0.4 is 4.90 Å². The second-order valence-corrected chi connectivity index (χ2v) is 5.10. The maximum absolute atomic E-state index is 9.83. The zero-order chi connectivity index (χ0) is 12.4. The van der Waals surface area contributed by atoms with Crippen LogP contribution in [-0.4, -0.2) is 23.8 Å². The van der Waals surface area contributed by atoms with Crippen molar-refractivity contribution in [3.63, 3.8) is 0 Å². The summed E-state index contributed by atoms with van der Waals surface area (Å²) in [4.78, 5) is 2.18. The molecule has 2 N–H and O–H groups in total. The van der Waals surface area contributed by atoms with Crippen LogP contribution in [0.4, 0.5) is 5.69 Å². The molecule has 94 valence electrons. The molecule has 0 saturated heterocycles. The van der Waals surface area contributed by atoms with Gasteiger partial charge in [0.25, 0.3) is 0 Å². The summed E-state index contributed by atoms with van der Waals surface area (Å²) in [5.41, 5.74) is 1.60. The van der Waals surface area contributed by atoms with E-state index in [-0.39, 0.29) is 5.75 Å². The smallest absolute Gasteiger partial charge is 0.123 e. The number of aliphatic hydroxyl groups excluding tert-OH is 1. The number of anilines is 1. The number of nitrogens with zero attached hydrogens (tertiary/aromatic N) is 1. The van der Waals surface area contributed by atoms with Gasteiger partial charge in [0.1, 0.15) is 5.75 Å². The molecule has 1 fully saturated rings. The molecule has 1 unspecified atom stereocenters. The molecule has 0 aliphatic heterocycles. The Balaban J connectivity index is 2.07. The average molecular weight is 235 g/mol. The fraction of sp³-hybridized carbons (Fsp3) is 0.571. The molecule has 3 heteroatoms. The van der Waals surface area contributed by atoms with E-state index in [0.29, 0.717) is 5.56 Å². The highest BCUT2D eigenvalue weighted by Crippen LogP contribution is 2.31. The summed E-state index contributed by atoms with van der Waals surface area (Å²) in [7, 11) is 2.05. The fourth-order valence-electron chi connectivity index (χ4n) is 2.29. The number of phenolic OH excluding ortho intramolecular Hbond substituents is 1. The second-order valence-electron chi connectivity index (χ2n) is 5.10. The molecule has 0 radical (unpaired) electrons. The molecular weight excluding hydrogens is 214 g/mol. The molecule has 1 aromatic rings. The van der Waals surface area contributed by atoms with Gasteiger partial charge in [-0.15, -0.1) is 0 Å². The van der Waals surface area contributed by atoms with Gasteiger partial charge in [-0.1, -0.05) is 12.5 Å². The zero-order valence-corrected chi connectivity index (χ0v) is 10.6. The molecule has 2 rings (SSSR count). The Bertz CT molecular complexity index is 386. The Morgan fingerprint density at radius 2 is 2.12 bits per heavy atom. The van der Waals surface area contributed by atoms with E-state index >= 15 is 0 Å². The van der Waals surface area contributed by atoms with Crippen LogP contribution in [0.3, 0.4) is 0 Å². The highest BCUT2D eigenvalue weighted by molar-refractivity contribution is 5.53. The van der Waals surface area contributed by atoms with Crippen molar-refractivity contribution in [3.05, 3.63) is 23.8 Å². The van der Waals surface area contributed by atoms with E-state index < -0.39 is 6.10 Å². The van der Waals surface area contributed by atoms with Gasteiger partial charge in [0, 0.05) is 30.9 Å². The van der Waals surface area contributed by atoms with Crippen LogP contribution in [0.5, 0.6) is 5.75 Å². The minimum absolute atomic E-state index is 0.179. The molecule has 1 aromatic carbocycles. The van der Waals surface area contributed by atoms with E-state index in [1.165, 1.54) is 19.3 Å². The minimum Gasteiger partial charge on any atom is -0.507 e. The Labute approximate surface area is 103 Å². The molecule has 3 nitrogen and oxygen atoms in total. The van der Waals surface area contributed by atoms with Crippen molar-refractivity contribution < 1.29 is 10.2 Å². The third-order valence-corrected chi connectivity index (χ3v) is 3.66. The van der Waals surface area contributed by atoms with Crippen molar-refractivity contribution in [2.24, 2.45) is 5.92 Å². The van der Waals surface area contributed by atoms with E-state index in [0.717, 1.165) is 18.2 Å². The summed E-state index contributed by atoms with van der Waals surface area (Å²) in [5.74, 6) is 0.983. The van der Waals surface area contributed by atoms with E-state index in [1.807, 2.05) is 6.07 Å². The number of hydrogen-bond donors (Lipinski definition) is 2. The van der Waals surface area contributed by atoms with Crippen LogP contribution in [0.1, 0.15) is 37.9 Å². The average Bonchev–Trinajstić information content (AvgIpc) is 2.22. The largest absolute Gasteiger partial charge is 0.507 e. The van der Waals surface area contributed by atoms with Crippen molar-refractivity contribution in [2.75, 3.05) is 18.5 Å². The fourth-order valence-corrected chi connectivity index (χ4v) is 2.29. The van der Waals surface area contributed by atoms with Crippen LogP contribution in [0.15, 0.2) is 18.2 Å². The number of benzene rings is 1. The molecule has 1 atom stereocenters. The minimum atomic E-state index is -0.624. The van der Waals surface area contributed by atoms with Crippen LogP contribution in [0, 0.1) is 5.92 Å². The maximum Gasteiger partial charge on any atom is 0.123 e. The SMILES string of the molecule is CC(O)c1ccc(N(C)CC2CCC2)cc1O. The van der Waals surface area contributed by atoms with Crippen LogP contribution >= 0.6 is 0 Å². The molecule has 1 aliphatic rings. The van der Waals surface area contributed by atoms with Crippen molar-refractivity contribution in [2.45, 2.75) is 32.3 Å². The lowest BCUT2D eigenvalue weighted by molar-refractivity contribution is 0.195. The molecule has 0 bridgehead atoms. The topological polar surface area (TPSA) is 43.7 Å². The Hall–Kier alpha value is -1.22. The first kappa shape index (κ1) is 12.2. The summed E-state index contributed by atoms with van der Waals surface area (Å²) in [6, 6.07) is 5.49. The molecule has 0 heterocycles. The Morgan fingerprint density at radius 3 is 2.59 bits per heavy atom. The first-order chi connectivity index (χ1) is 8.08. The van der Waals surface area contributed by atoms with Gasteiger partial charge in [0.2, 0.25) is 0 Å². The van der Waals surface area contributed by atoms with Gasteiger partial charge in [-0.3, -0.25) is 0 Å². The van der Waals surface area contributed by atoms with E-state index in [2.05, 4.69) is 11.9 Å². The third kappa shape index (κ3) is 2.72. The lowest BCUT2D eigenvalue weighted by Gasteiger charge is -2.31. The molecule has 1 saturated carbocycles. The number of phenols is 1. The monoisotopic (exact) mass is 235 g/mol. The first-order valence-corrected chi connectivity index (χ1v) is 6.30. The van der Waals surface area contributed by atoms with Crippen LogP contribution in [-0.2, 0) is 0 Å². The van der Waals surface area contributed by atoms with Crippen molar-refractivity contribution in [1.82, 2.24) is 0 Å². The quantitative estimate of drug-likeness (QED) is 0.843. The highest BCUT2D eigenvalue weighted by atomic mass is 16.3. The molecule has 0 amide bonds. The molecular formula is C14H21NO2. The predicted octanol–water partition coefficient (Wildman–Crippen LogP) is 2.68. The third-order valence-electron chi connectivity index (χ3n) is 3.66. The van der Waals surface area contributed by atoms with Crippen LogP contribution in [0.2, 0.25) is 0 Å². The Morgan fingerprint density at radius 1 is 1.41 bits per heavy atom. The number of rotatable bonds is 4. The van der Waals surface area contributed by atoms with Gasteiger partial charge in [0.15, 0.2) is 0 Å². The van der Waals surface area contributed by atoms with Crippen molar-refractivity contribution in [1.29, 1.82) is 0 Å². The second kappa shape index (κ2) is 4.96. The van der Waals surface area contributed by atoms with E-state index in [1.54, 1.807) is 19.1 Å². The zero-order valence-electron chi connectivity index (χ0n) is 10.6. The molecule has 1 aliphatic carbocycles. The van der Waals surface area contributed by atoms with Crippen molar-refractivity contribution >= 4 is 5.69 Å². The number of hydrogen-bond acceptors (Lipinski definition) is 3. The first-order valence-electron chi connectivity index (χ1n) is 6.30. The lowest BCUT2D eigenvalue weighted by atomic mass is 9.85. The van der Waals surface area contributed by atoms with Crippen molar-refractivity contribution in [3.8, 4) is 5.75 Å². The molecule has 0 spiro atoms. The van der Waals surface area contributed by atoms with Crippen LogP contribution in [0.25, 0.3) is 0 Å². The van der Waals surface area contributed by atoms with E-state index in [9.17, 15) is 10.2 Å². The van der Waals surface area contributed by atoms with Gasteiger partial charge >= 0.3 is 0 Å². The number of aliphatic hydroxyl groups is 1. The van der Waals surface area contributed by atoms with E-state index in [4.69, 9.17) is 0 Å². The van der Waals surface area contributed by atoms with Gasteiger partial charge in [0.05, 0.1) is 6.10 Å². The number of aromatic hydroxyl groups is 1. The van der Waals surface area contributed by atoms with Gasteiger partial charge < -0.3 is 15.1 Å². The summed E-state index contributed by atoms with van der Waals surface area (Å²) in [6.45, 7) is 2.71. The Kier molecular flexibility index (Phi) is 3.57. The maximum atomic E-state index is 9.83. The van der Waals surface area contributed by atoms with Gasteiger partial charge in [-0.2, -0.15) is 0 Å². The van der Waals surface area contributed by atoms with Gasteiger partial charge in [-0.05, 0) is 31.7 Å². The standard InChI is InChI=1S/C14H21NO2/c1-10(16)13-7-6-12(8-14(13)17)15(2)9-11-4-3-5-11/h6-8,10-11,16-17H,3-5,9H2,1-2H3. The molecule has 17 heavy (non-hydrogen) atoms. The summed E-state index contributed by atoms with van der Waals surface area (Å²) in [5, 5.41) is 19.3.